The Labute approximate surface area is 74.2 Å². The van der Waals surface area contributed by atoms with Crippen molar-refractivity contribution in [3.63, 3.8) is 0 Å². The minimum Gasteiger partial charge on any atom is -0.382 e. The van der Waals surface area contributed by atoms with Gasteiger partial charge in [-0.05, 0) is 22.5 Å². The maximum atomic E-state index is 7.13. The predicted octanol–water partition coefficient (Wildman–Crippen LogP) is 0.856. The molecular weight excluding hydrogens is 176 g/mol. The fraction of sp³-hybridized carbons (Fsp3) is 0.500. The smallest absolute Gasteiger partial charge is 0.183 e. The van der Waals surface area contributed by atoms with Crippen LogP contribution in [0.5, 0.6) is 0 Å². The van der Waals surface area contributed by atoms with E-state index in [9.17, 15) is 0 Å². The molecule has 0 aliphatic heterocycles. The molecule has 0 spiro atoms. The lowest BCUT2D eigenvalue weighted by Crippen LogP contribution is -2.12. The molecule has 0 bridgehead atoms. The van der Waals surface area contributed by atoms with Crippen LogP contribution < -0.4 is 5.73 Å². The second-order valence-corrected chi connectivity index (χ2v) is 3.26. The summed E-state index contributed by atoms with van der Waals surface area (Å²) in [5.41, 5.74) is 5.58. The van der Waals surface area contributed by atoms with Crippen LogP contribution in [0.25, 0.3) is 0 Å². The van der Waals surface area contributed by atoms with Crippen LogP contribution in [-0.2, 0) is 0 Å². The summed E-state index contributed by atoms with van der Waals surface area (Å²) in [4.78, 5) is 0. The molecule has 0 aliphatic rings. The van der Waals surface area contributed by atoms with Crippen molar-refractivity contribution in [2.45, 2.75) is 18.4 Å². The molecular formula is C6H10N4OS. The molecule has 12 heavy (non-hydrogen) atoms. The van der Waals surface area contributed by atoms with Crippen LogP contribution >= 0.6 is 11.8 Å². The fourth-order valence-electron chi connectivity index (χ4n) is 0.638. The van der Waals surface area contributed by atoms with Gasteiger partial charge in [-0.2, -0.15) is 0 Å². The van der Waals surface area contributed by atoms with E-state index in [1.165, 1.54) is 11.8 Å². The van der Waals surface area contributed by atoms with Gasteiger partial charge in [0.15, 0.2) is 10.7 Å². The summed E-state index contributed by atoms with van der Waals surface area (Å²) in [7, 11) is 0. The third-order valence-electron chi connectivity index (χ3n) is 1.16. The maximum absolute atomic E-state index is 7.13. The van der Waals surface area contributed by atoms with Gasteiger partial charge in [0, 0.05) is 0 Å². The highest BCUT2D eigenvalue weighted by Crippen LogP contribution is 2.18. The maximum Gasteiger partial charge on any atom is 0.183 e. The van der Waals surface area contributed by atoms with Crippen molar-refractivity contribution >= 4 is 17.6 Å². The topological polar surface area (TPSA) is 88.8 Å². The molecule has 6 heteroatoms. The Kier molecular flexibility index (Phi) is 3.09. The summed E-state index contributed by atoms with van der Waals surface area (Å²) < 4.78 is 4.46. The molecule has 66 valence electrons. The highest BCUT2D eigenvalue weighted by molar-refractivity contribution is 7.99. The Morgan fingerprint density at radius 1 is 1.67 bits per heavy atom. The van der Waals surface area contributed by atoms with Crippen LogP contribution in [0.2, 0.25) is 0 Å². The number of nitrogens with two attached hydrogens (primary N) is 1. The first kappa shape index (κ1) is 9.05. The van der Waals surface area contributed by atoms with E-state index in [-0.39, 0.29) is 5.84 Å². The van der Waals surface area contributed by atoms with E-state index in [2.05, 4.69) is 21.9 Å². The zero-order valence-corrected chi connectivity index (χ0v) is 7.52. The SMILES string of the molecule is CCCSc1nonc1C(=N)N. The van der Waals surface area contributed by atoms with Crippen molar-refractivity contribution in [3.05, 3.63) is 5.69 Å². The average Bonchev–Trinajstić information content (AvgIpc) is 2.48. The van der Waals surface area contributed by atoms with Crippen molar-refractivity contribution in [2.75, 3.05) is 5.75 Å². The molecule has 0 radical (unpaired) electrons. The van der Waals surface area contributed by atoms with Crippen LogP contribution in [0, 0.1) is 5.41 Å². The molecule has 0 fully saturated rings. The minimum atomic E-state index is -0.102. The Bertz CT molecular complexity index is 272. The number of hydrogen-bond acceptors (Lipinski definition) is 5. The number of rotatable bonds is 4. The van der Waals surface area contributed by atoms with Gasteiger partial charge in [0.05, 0.1) is 0 Å². The van der Waals surface area contributed by atoms with Gasteiger partial charge in [-0.1, -0.05) is 6.92 Å². The second-order valence-electron chi connectivity index (χ2n) is 2.18. The van der Waals surface area contributed by atoms with Crippen molar-refractivity contribution in [3.8, 4) is 0 Å². The lowest BCUT2D eigenvalue weighted by atomic mass is 10.4. The number of thioether (sulfide) groups is 1. The minimum absolute atomic E-state index is 0.102. The third kappa shape index (κ3) is 1.97. The summed E-state index contributed by atoms with van der Waals surface area (Å²) >= 11 is 1.49. The van der Waals surface area contributed by atoms with Crippen molar-refractivity contribution < 1.29 is 4.63 Å². The van der Waals surface area contributed by atoms with Gasteiger partial charge in [0.25, 0.3) is 0 Å². The predicted molar refractivity (Wildman–Crippen MR) is 46.3 cm³/mol. The first-order chi connectivity index (χ1) is 5.75. The molecule has 1 aromatic rings. The van der Waals surface area contributed by atoms with Gasteiger partial charge in [0.2, 0.25) is 0 Å². The number of hydrogen-bond donors (Lipinski definition) is 2. The molecule has 5 nitrogen and oxygen atoms in total. The van der Waals surface area contributed by atoms with Crippen LogP contribution in [0.4, 0.5) is 0 Å². The van der Waals surface area contributed by atoms with Crippen molar-refractivity contribution in [1.29, 1.82) is 5.41 Å². The molecule has 0 aromatic carbocycles. The monoisotopic (exact) mass is 186 g/mol. The van der Waals surface area contributed by atoms with Gasteiger partial charge in [-0.3, -0.25) is 5.41 Å². The number of amidine groups is 1. The van der Waals surface area contributed by atoms with E-state index >= 15 is 0 Å². The zero-order valence-electron chi connectivity index (χ0n) is 6.70. The number of nitrogens with one attached hydrogen (secondary N) is 1. The summed E-state index contributed by atoms with van der Waals surface area (Å²) in [5, 5.41) is 14.9. The quantitative estimate of drug-likeness (QED) is 0.413. The molecule has 0 saturated carbocycles. The summed E-state index contributed by atoms with van der Waals surface area (Å²) in [6.45, 7) is 2.06. The van der Waals surface area contributed by atoms with Crippen molar-refractivity contribution in [1.82, 2.24) is 10.3 Å². The molecule has 1 aromatic heterocycles. The Hall–Kier alpha value is -1.04. The van der Waals surface area contributed by atoms with E-state index < -0.39 is 0 Å². The van der Waals surface area contributed by atoms with Crippen molar-refractivity contribution in [2.24, 2.45) is 5.73 Å². The molecule has 0 amide bonds. The molecule has 0 aliphatic carbocycles. The van der Waals surface area contributed by atoms with E-state index in [1.54, 1.807) is 0 Å². The molecule has 3 N–H and O–H groups in total. The lowest BCUT2D eigenvalue weighted by Gasteiger charge is -1.93. The Morgan fingerprint density at radius 2 is 2.42 bits per heavy atom. The summed E-state index contributed by atoms with van der Waals surface area (Å²) in [5.74, 6) is 0.823. The van der Waals surface area contributed by atoms with E-state index in [0.717, 1.165) is 12.2 Å². The Morgan fingerprint density at radius 3 is 3.00 bits per heavy atom. The number of nitrogen functional groups attached to an aromatic ring is 1. The lowest BCUT2D eigenvalue weighted by molar-refractivity contribution is 0.298. The van der Waals surface area contributed by atoms with Crippen LogP contribution in [0.1, 0.15) is 19.0 Å². The van der Waals surface area contributed by atoms with Gasteiger partial charge < -0.3 is 5.73 Å². The summed E-state index contributed by atoms with van der Waals surface area (Å²) in [6, 6.07) is 0. The molecule has 0 saturated heterocycles. The van der Waals surface area contributed by atoms with Crippen LogP contribution in [0.3, 0.4) is 0 Å². The van der Waals surface area contributed by atoms with E-state index in [4.69, 9.17) is 11.1 Å². The van der Waals surface area contributed by atoms with Gasteiger partial charge in [-0.25, -0.2) is 4.63 Å². The normalized spacial score (nSPS) is 10.1. The molecule has 1 heterocycles. The number of nitrogens with zero attached hydrogens (tertiary/aromatic N) is 2. The van der Waals surface area contributed by atoms with Crippen LogP contribution in [-0.4, -0.2) is 21.9 Å². The van der Waals surface area contributed by atoms with Gasteiger partial charge in [-0.15, -0.1) is 11.8 Å². The Balaban J connectivity index is 2.70. The van der Waals surface area contributed by atoms with E-state index in [1.807, 2.05) is 0 Å². The largest absolute Gasteiger partial charge is 0.382 e. The summed E-state index contributed by atoms with van der Waals surface area (Å²) in [6.07, 6.45) is 1.04. The number of aromatic nitrogens is 2. The molecule has 1 rings (SSSR count). The first-order valence-electron chi connectivity index (χ1n) is 3.55. The highest BCUT2D eigenvalue weighted by Gasteiger charge is 2.11. The average molecular weight is 186 g/mol. The highest BCUT2D eigenvalue weighted by atomic mass is 32.2. The molecule has 0 atom stereocenters. The first-order valence-corrected chi connectivity index (χ1v) is 4.54. The molecule has 0 unspecified atom stereocenters. The van der Waals surface area contributed by atoms with Crippen LogP contribution in [0.15, 0.2) is 9.65 Å². The van der Waals surface area contributed by atoms with Gasteiger partial charge >= 0.3 is 0 Å². The van der Waals surface area contributed by atoms with Gasteiger partial charge in [0.1, 0.15) is 5.84 Å². The zero-order chi connectivity index (χ0) is 8.97. The standard InChI is InChI=1S/C6H10N4OS/c1-2-3-12-6-4(5(7)8)9-11-10-6/h2-3H2,1H3,(H3,7,8). The second kappa shape index (κ2) is 4.10. The van der Waals surface area contributed by atoms with E-state index in [0.29, 0.717) is 10.7 Å². The third-order valence-corrected chi connectivity index (χ3v) is 2.31. The fourth-order valence-corrected chi connectivity index (χ4v) is 1.41.